The first-order chi connectivity index (χ1) is 14.7. The highest BCUT2D eigenvalue weighted by molar-refractivity contribution is 7.80. The first-order valence-electron chi connectivity index (χ1n) is 9.91. The van der Waals surface area contributed by atoms with Gasteiger partial charge in [0.2, 0.25) is 5.56 Å². The highest BCUT2D eigenvalue weighted by Gasteiger charge is 2.20. The van der Waals surface area contributed by atoms with Crippen LogP contribution in [0.5, 0.6) is 0 Å². The van der Waals surface area contributed by atoms with E-state index in [1.54, 1.807) is 6.07 Å². The van der Waals surface area contributed by atoms with Crippen LogP contribution < -0.4 is 5.56 Å². The molecule has 0 saturated heterocycles. The highest BCUT2D eigenvalue weighted by atomic mass is 32.1. The average Bonchev–Trinajstić information content (AvgIpc) is 2.78. The second-order valence-electron chi connectivity index (χ2n) is 7.42. The van der Waals surface area contributed by atoms with E-state index < -0.39 is 0 Å². The van der Waals surface area contributed by atoms with Gasteiger partial charge in [0.1, 0.15) is 0 Å². The maximum Gasteiger partial charge on any atom is 0.248 e. The van der Waals surface area contributed by atoms with Gasteiger partial charge in [-0.3, -0.25) is 9.78 Å². The Hall–Kier alpha value is -3.37. The third-order valence-corrected chi connectivity index (χ3v) is 5.93. The molecule has 146 valence electrons. The summed E-state index contributed by atoms with van der Waals surface area (Å²) in [5, 5.41) is 1.77. The summed E-state index contributed by atoms with van der Waals surface area (Å²) < 4.78 is 0. The molecule has 3 nitrogen and oxygen atoms in total. The summed E-state index contributed by atoms with van der Waals surface area (Å²) in [6.45, 7) is 0. The fraction of sp³-hybridized carbons (Fsp3) is 0.0769. The van der Waals surface area contributed by atoms with Gasteiger partial charge in [-0.25, -0.2) is 0 Å². The van der Waals surface area contributed by atoms with E-state index in [4.69, 9.17) is 17.6 Å². The van der Waals surface area contributed by atoms with E-state index in [0.29, 0.717) is 0 Å². The van der Waals surface area contributed by atoms with Crippen LogP contribution in [0.2, 0.25) is 0 Å². The Morgan fingerprint density at radius 1 is 0.867 bits per heavy atom. The zero-order valence-electron chi connectivity index (χ0n) is 16.2. The Labute approximate surface area is 179 Å². The summed E-state index contributed by atoms with van der Waals surface area (Å²) in [4.78, 5) is 20.2. The zero-order valence-corrected chi connectivity index (χ0v) is 17.1. The normalized spacial score (nSPS) is 12.3. The van der Waals surface area contributed by atoms with Crippen LogP contribution in [0.25, 0.3) is 21.8 Å². The summed E-state index contributed by atoms with van der Waals surface area (Å²) in [7, 11) is 0. The van der Waals surface area contributed by atoms with Crippen LogP contribution in [-0.2, 0) is 6.42 Å². The number of aromatic nitrogens is 2. The van der Waals surface area contributed by atoms with Crippen molar-refractivity contribution in [2.75, 3.05) is 0 Å². The van der Waals surface area contributed by atoms with Gasteiger partial charge in [-0.15, -0.1) is 0 Å². The van der Waals surface area contributed by atoms with Crippen molar-refractivity contribution in [2.45, 2.75) is 11.7 Å². The topological polar surface area (TPSA) is 45.8 Å². The van der Waals surface area contributed by atoms with E-state index in [1.165, 1.54) is 5.56 Å². The van der Waals surface area contributed by atoms with Gasteiger partial charge >= 0.3 is 0 Å². The monoisotopic (exact) mass is 408 g/mol. The number of para-hydroxylation sites is 2. The van der Waals surface area contributed by atoms with Crippen molar-refractivity contribution < 1.29 is 0 Å². The van der Waals surface area contributed by atoms with Gasteiger partial charge in [0.05, 0.1) is 16.5 Å². The lowest BCUT2D eigenvalue weighted by molar-refractivity contribution is 1.01. The first kappa shape index (κ1) is 18.6. The van der Waals surface area contributed by atoms with Gasteiger partial charge in [-0.05, 0) is 41.3 Å². The number of rotatable bonds is 4. The number of H-pyrrole nitrogens is 1. The van der Waals surface area contributed by atoms with E-state index in [-0.39, 0.29) is 10.8 Å². The van der Waals surface area contributed by atoms with E-state index in [1.807, 2.05) is 60.7 Å². The SMILES string of the molecule is O=c1cc(C(S)c2nc3ccccc3cc2Cc2ccccc2)c2ccccc2[nH]1. The molecule has 0 aliphatic heterocycles. The Morgan fingerprint density at radius 3 is 2.47 bits per heavy atom. The molecule has 0 saturated carbocycles. The van der Waals surface area contributed by atoms with Crippen molar-refractivity contribution >= 4 is 34.4 Å². The number of aromatic amines is 1. The molecule has 2 aromatic heterocycles. The standard InChI is InChI=1S/C26H20N2OS/c29-24-16-21(20-11-5-7-13-23(20)27-24)26(30)25-19(14-17-8-2-1-3-9-17)15-18-10-4-6-12-22(18)28-25/h1-13,15-16,26,30H,14H2,(H,27,29). The quantitative estimate of drug-likeness (QED) is 0.376. The summed E-state index contributed by atoms with van der Waals surface area (Å²) in [5.41, 5.74) is 5.69. The van der Waals surface area contributed by atoms with Crippen LogP contribution in [-0.4, -0.2) is 9.97 Å². The largest absolute Gasteiger partial charge is 0.322 e. The third kappa shape index (κ3) is 3.51. The molecule has 1 atom stereocenters. The van der Waals surface area contributed by atoms with Crippen molar-refractivity contribution in [1.29, 1.82) is 0 Å². The summed E-state index contributed by atoms with van der Waals surface area (Å²) >= 11 is 4.98. The van der Waals surface area contributed by atoms with Gasteiger partial charge < -0.3 is 4.98 Å². The molecule has 0 fully saturated rings. The van der Waals surface area contributed by atoms with Gasteiger partial charge in [0, 0.05) is 22.4 Å². The molecule has 0 aliphatic rings. The third-order valence-electron chi connectivity index (χ3n) is 5.41. The van der Waals surface area contributed by atoms with Crippen molar-refractivity contribution in [2.24, 2.45) is 0 Å². The molecule has 2 heterocycles. The van der Waals surface area contributed by atoms with Crippen molar-refractivity contribution in [3.05, 3.63) is 124 Å². The molecule has 3 aromatic carbocycles. The number of nitrogens with zero attached hydrogens (tertiary/aromatic N) is 1. The number of hydrogen-bond donors (Lipinski definition) is 2. The van der Waals surface area contributed by atoms with Crippen LogP contribution >= 0.6 is 12.6 Å². The number of hydrogen-bond acceptors (Lipinski definition) is 3. The summed E-state index contributed by atoms with van der Waals surface area (Å²) in [6, 6.07) is 30.1. The van der Waals surface area contributed by atoms with Crippen LogP contribution in [0.1, 0.15) is 27.6 Å². The predicted octanol–water partition coefficient (Wildman–Crippen LogP) is 5.69. The molecule has 0 aliphatic carbocycles. The molecule has 1 unspecified atom stereocenters. The predicted molar refractivity (Wildman–Crippen MR) is 126 cm³/mol. The van der Waals surface area contributed by atoms with Gasteiger partial charge in [0.25, 0.3) is 0 Å². The van der Waals surface area contributed by atoms with Crippen molar-refractivity contribution in [3.8, 4) is 0 Å². The minimum Gasteiger partial charge on any atom is -0.322 e. The minimum absolute atomic E-state index is 0.131. The molecule has 5 rings (SSSR count). The van der Waals surface area contributed by atoms with Crippen LogP contribution in [0.4, 0.5) is 0 Å². The fourth-order valence-electron chi connectivity index (χ4n) is 3.97. The van der Waals surface area contributed by atoms with E-state index in [0.717, 1.165) is 45.0 Å². The number of nitrogens with one attached hydrogen (secondary N) is 1. The molecule has 0 radical (unpaired) electrons. The molecule has 0 amide bonds. The lowest BCUT2D eigenvalue weighted by Crippen LogP contribution is -2.10. The first-order valence-corrected chi connectivity index (χ1v) is 10.4. The van der Waals surface area contributed by atoms with Gasteiger partial charge in [-0.1, -0.05) is 66.7 Å². The van der Waals surface area contributed by atoms with Crippen molar-refractivity contribution in [3.63, 3.8) is 0 Å². The maximum atomic E-state index is 12.3. The summed E-state index contributed by atoms with van der Waals surface area (Å²) in [5.74, 6) is 0. The Kier molecular flexibility index (Phi) is 4.85. The van der Waals surface area contributed by atoms with Crippen LogP contribution in [0.15, 0.2) is 95.8 Å². The highest BCUT2D eigenvalue weighted by Crippen LogP contribution is 2.35. The number of thiol groups is 1. The lowest BCUT2D eigenvalue weighted by atomic mass is 9.96. The second-order valence-corrected chi connectivity index (χ2v) is 7.94. The van der Waals surface area contributed by atoms with E-state index >= 15 is 0 Å². The van der Waals surface area contributed by atoms with Crippen LogP contribution in [0, 0.1) is 0 Å². The van der Waals surface area contributed by atoms with Gasteiger partial charge in [0.15, 0.2) is 0 Å². The Bertz CT molecular complexity index is 1410. The van der Waals surface area contributed by atoms with E-state index in [9.17, 15) is 4.79 Å². The van der Waals surface area contributed by atoms with E-state index in [2.05, 4.69) is 29.2 Å². The average molecular weight is 409 g/mol. The Morgan fingerprint density at radius 2 is 1.60 bits per heavy atom. The zero-order chi connectivity index (χ0) is 20.5. The molecule has 1 N–H and O–H groups in total. The van der Waals surface area contributed by atoms with Crippen molar-refractivity contribution in [1.82, 2.24) is 9.97 Å². The molecular formula is C26H20N2OS. The smallest absolute Gasteiger partial charge is 0.248 e. The molecular weight excluding hydrogens is 388 g/mol. The van der Waals surface area contributed by atoms with Crippen LogP contribution in [0.3, 0.4) is 0 Å². The second kappa shape index (κ2) is 7.81. The number of pyridine rings is 2. The molecule has 0 spiro atoms. The molecule has 0 bridgehead atoms. The lowest BCUT2D eigenvalue weighted by Gasteiger charge is -2.18. The molecule has 4 heteroatoms. The molecule has 5 aromatic rings. The molecule has 30 heavy (non-hydrogen) atoms. The number of fused-ring (bicyclic) bond motifs is 2. The Balaban J connectivity index is 1.71. The minimum atomic E-state index is -0.319. The fourth-order valence-corrected chi connectivity index (χ4v) is 4.41. The van der Waals surface area contributed by atoms with Gasteiger partial charge in [-0.2, -0.15) is 12.6 Å². The maximum absolute atomic E-state index is 12.3. The number of benzene rings is 3. The summed E-state index contributed by atoms with van der Waals surface area (Å²) in [6.07, 6.45) is 0.756.